The van der Waals surface area contributed by atoms with Gasteiger partial charge in [-0.1, -0.05) is 52.2 Å². The van der Waals surface area contributed by atoms with E-state index in [1.165, 1.54) is 19.3 Å². The van der Waals surface area contributed by atoms with Crippen LogP contribution >= 0.6 is 0 Å². The van der Waals surface area contributed by atoms with Crippen LogP contribution in [0, 0.1) is 11.8 Å². The van der Waals surface area contributed by atoms with Crippen molar-refractivity contribution in [2.24, 2.45) is 11.8 Å². The van der Waals surface area contributed by atoms with Gasteiger partial charge in [0.2, 0.25) is 0 Å². The highest BCUT2D eigenvalue weighted by atomic mass is 16.3. The molecule has 2 atom stereocenters. The van der Waals surface area contributed by atoms with Crippen LogP contribution in [-0.4, -0.2) is 11.2 Å². The molecule has 1 N–H and O–H groups in total. The normalized spacial score (nSPS) is 16.4. The van der Waals surface area contributed by atoms with E-state index in [4.69, 9.17) is 5.11 Å². The molecule has 0 aliphatic carbocycles. The van der Waals surface area contributed by atoms with Gasteiger partial charge in [0.25, 0.3) is 0 Å². The molecule has 0 heterocycles. The average molecular weight is 198 g/mol. The molecule has 0 radical (unpaired) electrons. The number of aliphatic hydroxyl groups is 1. The molecule has 0 aliphatic heterocycles. The number of hydrogen-bond donors (Lipinski definition) is 1. The van der Waals surface area contributed by atoms with Gasteiger partial charge < -0.3 is 5.11 Å². The first-order valence-electron chi connectivity index (χ1n) is 5.87. The Bertz CT molecular complexity index is 147. The molecule has 0 aliphatic rings. The van der Waals surface area contributed by atoms with Gasteiger partial charge in [-0.15, -0.1) is 0 Å². The van der Waals surface area contributed by atoms with Gasteiger partial charge in [-0.2, -0.15) is 0 Å². The van der Waals surface area contributed by atoms with Crippen LogP contribution in [0.3, 0.4) is 0 Å². The SMILES string of the molecule is CC(C)CCC[C@@H](C)C/C=C/[C@@H](C)O. The van der Waals surface area contributed by atoms with Crippen molar-refractivity contribution in [3.05, 3.63) is 12.2 Å². The highest BCUT2D eigenvalue weighted by Gasteiger charge is 2.01. The van der Waals surface area contributed by atoms with Crippen molar-refractivity contribution in [3.63, 3.8) is 0 Å². The second-order valence-corrected chi connectivity index (χ2v) is 4.83. The van der Waals surface area contributed by atoms with Crippen molar-refractivity contribution in [1.29, 1.82) is 0 Å². The fourth-order valence-corrected chi connectivity index (χ4v) is 1.50. The molecular formula is C13H26O. The third-order valence-electron chi connectivity index (χ3n) is 2.43. The summed E-state index contributed by atoms with van der Waals surface area (Å²) in [6.07, 6.45) is 8.76. The van der Waals surface area contributed by atoms with Crippen LogP contribution in [0.25, 0.3) is 0 Å². The number of allylic oxidation sites excluding steroid dienone is 1. The quantitative estimate of drug-likeness (QED) is 0.617. The van der Waals surface area contributed by atoms with E-state index in [-0.39, 0.29) is 6.10 Å². The molecule has 0 saturated carbocycles. The first-order valence-corrected chi connectivity index (χ1v) is 5.87. The standard InChI is InChI=1S/C13H26O/c1-11(2)7-5-8-12(3)9-6-10-13(4)14/h6,10-14H,5,7-9H2,1-4H3/b10-6+/t12-,13-/m1/s1. The Labute approximate surface area is 89.2 Å². The molecule has 0 saturated heterocycles. The highest BCUT2D eigenvalue weighted by Crippen LogP contribution is 2.15. The monoisotopic (exact) mass is 198 g/mol. The summed E-state index contributed by atoms with van der Waals surface area (Å²) < 4.78 is 0. The van der Waals surface area contributed by atoms with E-state index in [0.717, 1.165) is 18.3 Å². The second kappa shape index (κ2) is 8.05. The van der Waals surface area contributed by atoms with Crippen molar-refractivity contribution in [2.45, 2.75) is 59.5 Å². The summed E-state index contributed by atoms with van der Waals surface area (Å²) in [5.74, 6) is 1.58. The van der Waals surface area contributed by atoms with Crippen LogP contribution in [0.15, 0.2) is 12.2 Å². The fourth-order valence-electron chi connectivity index (χ4n) is 1.50. The van der Waals surface area contributed by atoms with Gasteiger partial charge in [0, 0.05) is 0 Å². The topological polar surface area (TPSA) is 20.2 Å². The van der Waals surface area contributed by atoms with E-state index in [0.29, 0.717) is 0 Å². The molecule has 0 aromatic heterocycles. The first-order chi connectivity index (χ1) is 6.52. The molecule has 14 heavy (non-hydrogen) atoms. The Hall–Kier alpha value is -0.300. The lowest BCUT2D eigenvalue weighted by Crippen LogP contribution is -1.97. The van der Waals surface area contributed by atoms with Crippen LogP contribution in [0.5, 0.6) is 0 Å². The molecule has 0 bridgehead atoms. The third kappa shape index (κ3) is 9.79. The van der Waals surface area contributed by atoms with Gasteiger partial charge >= 0.3 is 0 Å². The lowest BCUT2D eigenvalue weighted by atomic mass is 9.97. The Morgan fingerprint density at radius 3 is 2.21 bits per heavy atom. The molecule has 1 heteroatoms. The molecule has 0 unspecified atom stereocenters. The van der Waals surface area contributed by atoms with Crippen molar-refractivity contribution in [3.8, 4) is 0 Å². The molecule has 0 rings (SSSR count). The Kier molecular flexibility index (Phi) is 7.87. The Balaban J connectivity index is 3.41. The summed E-state index contributed by atoms with van der Waals surface area (Å²) in [5.41, 5.74) is 0. The van der Waals surface area contributed by atoms with E-state index in [1.807, 2.05) is 6.08 Å². The van der Waals surface area contributed by atoms with Crippen molar-refractivity contribution in [2.75, 3.05) is 0 Å². The van der Waals surface area contributed by atoms with Crippen LogP contribution in [0.1, 0.15) is 53.4 Å². The second-order valence-electron chi connectivity index (χ2n) is 4.83. The van der Waals surface area contributed by atoms with E-state index in [1.54, 1.807) is 6.92 Å². The van der Waals surface area contributed by atoms with Crippen molar-refractivity contribution >= 4 is 0 Å². The molecule has 84 valence electrons. The summed E-state index contributed by atoms with van der Waals surface area (Å²) in [4.78, 5) is 0. The summed E-state index contributed by atoms with van der Waals surface area (Å²) in [6, 6.07) is 0. The minimum Gasteiger partial charge on any atom is -0.389 e. The van der Waals surface area contributed by atoms with E-state index in [9.17, 15) is 0 Å². The molecule has 0 aromatic rings. The van der Waals surface area contributed by atoms with Gasteiger partial charge in [-0.3, -0.25) is 0 Å². The fraction of sp³-hybridized carbons (Fsp3) is 0.846. The zero-order chi connectivity index (χ0) is 11.0. The molecule has 0 amide bonds. The van der Waals surface area contributed by atoms with Gasteiger partial charge in [0.15, 0.2) is 0 Å². The summed E-state index contributed by atoms with van der Waals surface area (Å²) in [5, 5.41) is 9.03. The average Bonchev–Trinajstić information content (AvgIpc) is 2.02. The predicted molar refractivity (Wildman–Crippen MR) is 63.3 cm³/mol. The van der Waals surface area contributed by atoms with Crippen LogP contribution in [0.4, 0.5) is 0 Å². The van der Waals surface area contributed by atoms with Crippen molar-refractivity contribution in [1.82, 2.24) is 0 Å². The minimum atomic E-state index is -0.294. The number of hydrogen-bond acceptors (Lipinski definition) is 1. The van der Waals surface area contributed by atoms with Crippen molar-refractivity contribution < 1.29 is 5.11 Å². The summed E-state index contributed by atoms with van der Waals surface area (Å²) in [6.45, 7) is 8.63. The van der Waals surface area contributed by atoms with E-state index in [2.05, 4.69) is 26.8 Å². The number of rotatable bonds is 7. The molecule has 0 aromatic carbocycles. The van der Waals surface area contributed by atoms with Gasteiger partial charge in [0.1, 0.15) is 0 Å². The Morgan fingerprint density at radius 2 is 1.71 bits per heavy atom. The zero-order valence-electron chi connectivity index (χ0n) is 10.2. The molecule has 0 fully saturated rings. The summed E-state index contributed by atoms with van der Waals surface area (Å²) in [7, 11) is 0. The van der Waals surface area contributed by atoms with Gasteiger partial charge in [-0.25, -0.2) is 0 Å². The largest absolute Gasteiger partial charge is 0.389 e. The smallest absolute Gasteiger partial charge is 0.0692 e. The van der Waals surface area contributed by atoms with E-state index >= 15 is 0 Å². The molecule has 1 nitrogen and oxygen atoms in total. The van der Waals surface area contributed by atoms with E-state index < -0.39 is 0 Å². The van der Waals surface area contributed by atoms with Crippen LogP contribution in [-0.2, 0) is 0 Å². The number of aliphatic hydroxyl groups excluding tert-OH is 1. The highest BCUT2D eigenvalue weighted by molar-refractivity contribution is 4.87. The van der Waals surface area contributed by atoms with Gasteiger partial charge in [0.05, 0.1) is 6.10 Å². The predicted octanol–water partition coefficient (Wildman–Crippen LogP) is 3.78. The van der Waals surface area contributed by atoms with Gasteiger partial charge in [-0.05, 0) is 25.2 Å². The molecule has 0 spiro atoms. The lowest BCUT2D eigenvalue weighted by Gasteiger charge is -2.09. The van der Waals surface area contributed by atoms with Crippen LogP contribution < -0.4 is 0 Å². The lowest BCUT2D eigenvalue weighted by molar-refractivity contribution is 0.243. The maximum absolute atomic E-state index is 9.03. The first kappa shape index (κ1) is 13.7. The third-order valence-corrected chi connectivity index (χ3v) is 2.43. The summed E-state index contributed by atoms with van der Waals surface area (Å²) >= 11 is 0. The molecular weight excluding hydrogens is 172 g/mol. The maximum Gasteiger partial charge on any atom is 0.0692 e. The van der Waals surface area contributed by atoms with Crippen LogP contribution in [0.2, 0.25) is 0 Å². The Morgan fingerprint density at radius 1 is 1.07 bits per heavy atom. The zero-order valence-corrected chi connectivity index (χ0v) is 10.2. The minimum absolute atomic E-state index is 0.294. The maximum atomic E-state index is 9.03.